The highest BCUT2D eigenvalue weighted by Crippen LogP contribution is 2.27. The Morgan fingerprint density at radius 2 is 1.81 bits per heavy atom. The number of benzene rings is 1. The van der Waals surface area contributed by atoms with Crippen molar-refractivity contribution in [3.63, 3.8) is 0 Å². The third-order valence-electron chi connectivity index (χ3n) is 4.36. The van der Waals surface area contributed by atoms with Crippen LogP contribution in [0.15, 0.2) is 54.7 Å². The first-order valence-electron chi connectivity index (χ1n) is 8.58. The highest BCUT2D eigenvalue weighted by molar-refractivity contribution is 5.83. The molecule has 4 aromatic rings. The van der Waals surface area contributed by atoms with Gasteiger partial charge >= 0.3 is 0 Å². The predicted molar refractivity (Wildman–Crippen MR) is 102 cm³/mol. The van der Waals surface area contributed by atoms with E-state index in [1.165, 1.54) is 5.56 Å². The summed E-state index contributed by atoms with van der Waals surface area (Å²) < 4.78 is 7.77. The Morgan fingerprint density at radius 1 is 1.00 bits per heavy atom. The SMILES string of the molecule is Cc1ccc(-n2nc(C)c3c(C)cc(OCc4ccccn4)nc32)cc1. The van der Waals surface area contributed by atoms with E-state index < -0.39 is 0 Å². The van der Waals surface area contributed by atoms with Gasteiger partial charge in [0.15, 0.2) is 5.65 Å². The van der Waals surface area contributed by atoms with E-state index >= 15 is 0 Å². The molecule has 1 aromatic carbocycles. The Labute approximate surface area is 152 Å². The molecule has 0 saturated heterocycles. The lowest BCUT2D eigenvalue weighted by Crippen LogP contribution is -2.02. The van der Waals surface area contributed by atoms with Crippen molar-refractivity contribution in [2.75, 3.05) is 0 Å². The number of hydrogen-bond acceptors (Lipinski definition) is 4. The van der Waals surface area contributed by atoms with E-state index in [1.807, 2.05) is 35.9 Å². The first-order valence-corrected chi connectivity index (χ1v) is 8.58. The van der Waals surface area contributed by atoms with Gasteiger partial charge in [0.2, 0.25) is 5.88 Å². The molecule has 0 bridgehead atoms. The molecule has 0 fully saturated rings. The summed E-state index contributed by atoms with van der Waals surface area (Å²) in [6.45, 7) is 6.53. The Balaban J connectivity index is 1.75. The first-order chi connectivity index (χ1) is 12.6. The molecule has 130 valence electrons. The average molecular weight is 344 g/mol. The Morgan fingerprint density at radius 3 is 2.54 bits per heavy atom. The average Bonchev–Trinajstić information content (AvgIpc) is 2.98. The maximum Gasteiger partial charge on any atom is 0.215 e. The van der Waals surface area contributed by atoms with Gasteiger partial charge < -0.3 is 4.74 Å². The van der Waals surface area contributed by atoms with Gasteiger partial charge in [-0.05, 0) is 50.6 Å². The number of nitrogens with zero attached hydrogens (tertiary/aromatic N) is 4. The minimum atomic E-state index is 0.385. The molecular weight excluding hydrogens is 324 g/mol. The molecule has 0 aliphatic carbocycles. The van der Waals surface area contributed by atoms with Gasteiger partial charge in [0, 0.05) is 17.6 Å². The smallest absolute Gasteiger partial charge is 0.215 e. The lowest BCUT2D eigenvalue weighted by Gasteiger charge is -2.08. The molecular formula is C21H20N4O. The number of pyridine rings is 2. The molecule has 5 nitrogen and oxygen atoms in total. The van der Waals surface area contributed by atoms with Crippen molar-refractivity contribution in [3.8, 4) is 11.6 Å². The molecule has 0 amide bonds. The summed E-state index contributed by atoms with van der Waals surface area (Å²) in [6.07, 6.45) is 1.76. The normalized spacial score (nSPS) is 11.0. The van der Waals surface area contributed by atoms with Gasteiger partial charge in [-0.1, -0.05) is 23.8 Å². The van der Waals surface area contributed by atoms with Crippen molar-refractivity contribution in [2.24, 2.45) is 0 Å². The van der Waals surface area contributed by atoms with Crippen LogP contribution in [0.1, 0.15) is 22.5 Å². The van der Waals surface area contributed by atoms with E-state index in [2.05, 4.69) is 43.1 Å². The summed E-state index contributed by atoms with van der Waals surface area (Å²) in [6, 6.07) is 16.0. The molecule has 0 N–H and O–H groups in total. The molecule has 0 unspecified atom stereocenters. The van der Waals surface area contributed by atoms with Crippen LogP contribution in [-0.4, -0.2) is 19.7 Å². The van der Waals surface area contributed by atoms with Crippen molar-refractivity contribution in [2.45, 2.75) is 27.4 Å². The van der Waals surface area contributed by atoms with E-state index in [9.17, 15) is 0 Å². The zero-order chi connectivity index (χ0) is 18.1. The highest BCUT2D eigenvalue weighted by Gasteiger charge is 2.15. The molecule has 0 radical (unpaired) electrons. The second-order valence-corrected chi connectivity index (χ2v) is 6.42. The van der Waals surface area contributed by atoms with E-state index in [1.54, 1.807) is 6.20 Å². The van der Waals surface area contributed by atoms with Crippen LogP contribution in [0.4, 0.5) is 0 Å². The number of hydrogen-bond donors (Lipinski definition) is 0. The van der Waals surface area contributed by atoms with Crippen LogP contribution < -0.4 is 4.74 Å². The van der Waals surface area contributed by atoms with Gasteiger partial charge in [0.1, 0.15) is 6.61 Å². The summed E-state index contributed by atoms with van der Waals surface area (Å²) in [7, 11) is 0. The molecule has 0 spiro atoms. The van der Waals surface area contributed by atoms with E-state index in [4.69, 9.17) is 14.8 Å². The van der Waals surface area contributed by atoms with Gasteiger partial charge in [0.05, 0.1) is 17.1 Å². The fourth-order valence-corrected chi connectivity index (χ4v) is 3.05. The summed E-state index contributed by atoms with van der Waals surface area (Å²) in [5, 5.41) is 5.76. The van der Waals surface area contributed by atoms with Crippen LogP contribution in [0, 0.1) is 20.8 Å². The van der Waals surface area contributed by atoms with Crippen LogP contribution >= 0.6 is 0 Å². The molecule has 3 heterocycles. The van der Waals surface area contributed by atoms with E-state index in [0.29, 0.717) is 12.5 Å². The third kappa shape index (κ3) is 3.04. The lowest BCUT2D eigenvalue weighted by molar-refractivity contribution is 0.290. The van der Waals surface area contributed by atoms with Crippen molar-refractivity contribution < 1.29 is 4.74 Å². The number of fused-ring (bicyclic) bond motifs is 1. The number of aryl methyl sites for hydroxylation is 3. The van der Waals surface area contributed by atoms with Gasteiger partial charge in [-0.2, -0.15) is 10.1 Å². The summed E-state index contributed by atoms with van der Waals surface area (Å²) >= 11 is 0. The second-order valence-electron chi connectivity index (χ2n) is 6.42. The maximum absolute atomic E-state index is 5.89. The topological polar surface area (TPSA) is 52.8 Å². The fraction of sp³-hybridized carbons (Fsp3) is 0.190. The van der Waals surface area contributed by atoms with Crippen molar-refractivity contribution in [1.82, 2.24) is 19.7 Å². The van der Waals surface area contributed by atoms with Gasteiger partial charge in [-0.25, -0.2) is 4.68 Å². The summed E-state index contributed by atoms with van der Waals surface area (Å²) in [5.74, 6) is 0.578. The van der Waals surface area contributed by atoms with Crippen molar-refractivity contribution in [1.29, 1.82) is 0 Å². The van der Waals surface area contributed by atoms with Crippen LogP contribution in [0.25, 0.3) is 16.7 Å². The Hall–Kier alpha value is -3.21. The Bertz CT molecular complexity index is 1050. The zero-order valence-electron chi connectivity index (χ0n) is 15.1. The minimum absolute atomic E-state index is 0.385. The molecule has 5 heteroatoms. The second kappa shape index (κ2) is 6.59. The standard InChI is InChI=1S/C21H20N4O/c1-14-7-9-18(10-8-14)25-21-20(16(3)24-25)15(2)12-19(23-21)26-13-17-6-4-5-11-22-17/h4-12H,13H2,1-3H3. The monoisotopic (exact) mass is 344 g/mol. The number of ether oxygens (including phenoxy) is 1. The molecule has 0 saturated carbocycles. The van der Waals surface area contributed by atoms with E-state index in [-0.39, 0.29) is 0 Å². The molecule has 3 aromatic heterocycles. The van der Waals surface area contributed by atoms with E-state index in [0.717, 1.165) is 33.7 Å². The van der Waals surface area contributed by atoms with Crippen molar-refractivity contribution >= 4 is 11.0 Å². The molecule has 0 aliphatic heterocycles. The molecule has 0 aliphatic rings. The van der Waals surface area contributed by atoms with Crippen LogP contribution in [0.3, 0.4) is 0 Å². The lowest BCUT2D eigenvalue weighted by atomic mass is 10.1. The third-order valence-corrected chi connectivity index (χ3v) is 4.36. The van der Waals surface area contributed by atoms with Gasteiger partial charge in [-0.3, -0.25) is 4.98 Å². The minimum Gasteiger partial charge on any atom is -0.471 e. The molecule has 4 rings (SSSR count). The first kappa shape index (κ1) is 16.3. The Kier molecular flexibility index (Phi) is 4.13. The summed E-state index contributed by atoms with van der Waals surface area (Å²) in [4.78, 5) is 9.01. The zero-order valence-corrected chi connectivity index (χ0v) is 15.1. The molecule has 0 atom stereocenters. The van der Waals surface area contributed by atoms with Crippen molar-refractivity contribution in [3.05, 3.63) is 77.2 Å². The predicted octanol–water partition coefficient (Wildman–Crippen LogP) is 4.32. The number of rotatable bonds is 4. The van der Waals surface area contributed by atoms with Gasteiger partial charge in [0.25, 0.3) is 0 Å². The largest absolute Gasteiger partial charge is 0.471 e. The van der Waals surface area contributed by atoms with Crippen LogP contribution in [-0.2, 0) is 6.61 Å². The van der Waals surface area contributed by atoms with Gasteiger partial charge in [-0.15, -0.1) is 0 Å². The summed E-state index contributed by atoms with van der Waals surface area (Å²) in [5.41, 5.74) is 5.94. The maximum atomic E-state index is 5.89. The molecule has 26 heavy (non-hydrogen) atoms. The quantitative estimate of drug-likeness (QED) is 0.553. The fourth-order valence-electron chi connectivity index (χ4n) is 3.05. The highest BCUT2D eigenvalue weighted by atomic mass is 16.5. The number of aromatic nitrogens is 4. The van der Waals surface area contributed by atoms with Crippen LogP contribution in [0.5, 0.6) is 5.88 Å². The van der Waals surface area contributed by atoms with Crippen LogP contribution in [0.2, 0.25) is 0 Å².